The molecule has 0 aromatic heterocycles. The van der Waals surface area contributed by atoms with Crippen LogP contribution in [-0.2, 0) is 9.73 Å². The van der Waals surface area contributed by atoms with E-state index in [2.05, 4.69) is 15.9 Å². The lowest BCUT2D eigenvalue weighted by Crippen LogP contribution is -2.08. The lowest BCUT2D eigenvalue weighted by Gasteiger charge is -2.08. The summed E-state index contributed by atoms with van der Waals surface area (Å²) in [4.78, 5) is -0.0537. The Bertz CT molecular complexity index is 449. The van der Waals surface area contributed by atoms with Crippen LogP contribution in [0.3, 0.4) is 0 Å². The minimum absolute atomic E-state index is 0.0537. The van der Waals surface area contributed by atoms with E-state index in [1.54, 1.807) is 6.07 Å². The van der Waals surface area contributed by atoms with Gasteiger partial charge in [0.25, 0.3) is 0 Å². The molecule has 1 aromatic rings. The Kier molecular flexibility index (Phi) is 4.55. The molecule has 1 aromatic carbocycles. The molecule has 84 valence electrons. The summed E-state index contributed by atoms with van der Waals surface area (Å²) >= 11 is 8.45. The molecule has 0 heterocycles. The van der Waals surface area contributed by atoms with Gasteiger partial charge in [-0.25, -0.2) is 13.4 Å². The minimum atomic E-state index is -3.07. The summed E-state index contributed by atoms with van der Waals surface area (Å²) in [7, 11) is -3.07. The first kappa shape index (κ1) is 12.9. The Labute approximate surface area is 102 Å². The van der Waals surface area contributed by atoms with Crippen LogP contribution in [0.25, 0.3) is 0 Å². The van der Waals surface area contributed by atoms with E-state index in [0.717, 1.165) is 0 Å². The average molecular weight is 315 g/mol. The van der Waals surface area contributed by atoms with Gasteiger partial charge < -0.3 is 0 Å². The van der Waals surface area contributed by atoms with Crippen LogP contribution in [-0.4, -0.2) is 15.8 Å². The van der Waals surface area contributed by atoms with Gasteiger partial charge in [-0.15, -0.1) is 11.6 Å². The number of alkyl halides is 1. The van der Waals surface area contributed by atoms with E-state index < -0.39 is 15.5 Å². The van der Waals surface area contributed by atoms with Gasteiger partial charge in [0.1, 0.15) is 0 Å². The van der Waals surface area contributed by atoms with Gasteiger partial charge in [-0.1, -0.05) is 6.07 Å². The van der Waals surface area contributed by atoms with Crippen molar-refractivity contribution in [1.29, 1.82) is 4.78 Å². The highest BCUT2D eigenvalue weighted by molar-refractivity contribution is 9.10. The summed E-state index contributed by atoms with van der Waals surface area (Å²) in [6.45, 7) is 0. The van der Waals surface area contributed by atoms with Crippen molar-refractivity contribution in [2.24, 2.45) is 0 Å². The molecule has 15 heavy (non-hydrogen) atoms. The van der Waals surface area contributed by atoms with Crippen LogP contribution in [0.2, 0.25) is 0 Å². The Hall–Kier alpha value is -0.130. The molecule has 1 N–H and O–H groups in total. The second-order valence-corrected chi connectivity index (χ2v) is 6.40. The summed E-state index contributed by atoms with van der Waals surface area (Å²) in [5.74, 6) is -0.206. The van der Waals surface area contributed by atoms with Gasteiger partial charge in [-0.3, -0.25) is 0 Å². The smallest absolute Gasteiger partial charge is 0.154 e. The molecule has 0 spiro atoms. The third-order valence-corrected chi connectivity index (χ3v) is 4.61. The van der Waals surface area contributed by atoms with Crippen molar-refractivity contribution in [2.45, 2.75) is 11.3 Å². The van der Waals surface area contributed by atoms with Crippen LogP contribution in [0.1, 0.15) is 6.42 Å². The van der Waals surface area contributed by atoms with E-state index in [4.69, 9.17) is 16.4 Å². The fourth-order valence-corrected chi connectivity index (χ4v) is 3.36. The van der Waals surface area contributed by atoms with Gasteiger partial charge in [0.2, 0.25) is 0 Å². The minimum Gasteiger partial charge on any atom is -0.249 e. The monoisotopic (exact) mass is 313 g/mol. The maximum atomic E-state index is 13.5. The Morgan fingerprint density at radius 3 is 2.80 bits per heavy atom. The van der Waals surface area contributed by atoms with E-state index in [9.17, 15) is 8.60 Å². The molecule has 2 nitrogen and oxygen atoms in total. The van der Waals surface area contributed by atoms with Crippen LogP contribution in [0.5, 0.6) is 0 Å². The third-order valence-electron chi connectivity index (χ3n) is 1.84. The van der Waals surface area contributed by atoms with Crippen molar-refractivity contribution in [2.75, 3.05) is 11.6 Å². The largest absolute Gasteiger partial charge is 0.249 e. The fraction of sp³-hybridized carbons (Fsp3) is 0.333. The number of hydrogen-bond acceptors (Lipinski definition) is 2. The van der Waals surface area contributed by atoms with Crippen LogP contribution < -0.4 is 0 Å². The number of nitrogens with one attached hydrogen (secondary N) is 1. The van der Waals surface area contributed by atoms with Crippen LogP contribution in [0.15, 0.2) is 27.6 Å². The van der Waals surface area contributed by atoms with Crippen molar-refractivity contribution >= 4 is 37.3 Å². The maximum Gasteiger partial charge on any atom is 0.154 e. The van der Waals surface area contributed by atoms with Gasteiger partial charge >= 0.3 is 0 Å². The molecule has 0 bridgehead atoms. The highest BCUT2D eigenvalue weighted by atomic mass is 79.9. The topological polar surface area (TPSA) is 40.9 Å². The second-order valence-electron chi connectivity index (χ2n) is 2.97. The molecule has 0 radical (unpaired) electrons. The molecule has 0 saturated carbocycles. The first-order valence-electron chi connectivity index (χ1n) is 4.25. The predicted octanol–water partition coefficient (Wildman–Crippen LogP) is 3.62. The van der Waals surface area contributed by atoms with E-state index in [0.29, 0.717) is 12.3 Å². The SMILES string of the molecule is N=S(=O)(CCCCl)c1cccc(Br)c1F. The maximum absolute atomic E-state index is 13.5. The van der Waals surface area contributed by atoms with Crippen LogP contribution >= 0.6 is 27.5 Å². The summed E-state index contributed by atoms with van der Waals surface area (Å²) < 4.78 is 33.3. The lowest BCUT2D eigenvalue weighted by molar-refractivity contribution is 0.586. The number of benzene rings is 1. The van der Waals surface area contributed by atoms with Crippen molar-refractivity contribution in [3.63, 3.8) is 0 Å². The molecule has 6 heteroatoms. The quantitative estimate of drug-likeness (QED) is 0.847. The molecule has 0 aliphatic carbocycles. The molecule has 1 atom stereocenters. The Morgan fingerprint density at radius 1 is 1.53 bits per heavy atom. The first-order chi connectivity index (χ1) is 6.99. The lowest BCUT2D eigenvalue weighted by atomic mass is 10.3. The van der Waals surface area contributed by atoms with Gasteiger partial charge in [0.15, 0.2) is 5.82 Å². The standard InChI is InChI=1S/C9H10BrClFNOS/c10-7-3-1-4-8(9(7)12)15(13,14)6-2-5-11/h1,3-4,13H,2,5-6H2. The number of rotatable bonds is 4. The van der Waals surface area contributed by atoms with Gasteiger partial charge in [0, 0.05) is 11.6 Å². The average Bonchev–Trinajstić information content (AvgIpc) is 2.19. The zero-order chi connectivity index (χ0) is 11.5. The Morgan fingerprint density at radius 2 is 2.20 bits per heavy atom. The summed E-state index contributed by atoms with van der Waals surface area (Å²) in [6.07, 6.45) is 0.440. The molecule has 0 amide bonds. The van der Waals surface area contributed by atoms with Crippen LogP contribution in [0, 0.1) is 10.6 Å². The van der Waals surface area contributed by atoms with Crippen molar-refractivity contribution in [3.05, 3.63) is 28.5 Å². The summed E-state index contributed by atoms with van der Waals surface area (Å²) in [6, 6.07) is 4.46. The van der Waals surface area contributed by atoms with Gasteiger partial charge in [-0.2, -0.15) is 0 Å². The van der Waals surface area contributed by atoms with E-state index in [1.807, 2.05) is 0 Å². The molecular formula is C9H10BrClFNOS. The molecule has 0 saturated heterocycles. The summed E-state index contributed by atoms with van der Waals surface area (Å²) in [5.41, 5.74) is 0. The zero-order valence-corrected chi connectivity index (χ0v) is 11.0. The van der Waals surface area contributed by atoms with Crippen LogP contribution in [0.4, 0.5) is 4.39 Å². The Balaban J connectivity index is 3.10. The normalized spacial score (nSPS) is 14.9. The predicted molar refractivity (Wildman–Crippen MR) is 63.4 cm³/mol. The molecule has 0 aliphatic heterocycles. The number of hydrogen-bond donors (Lipinski definition) is 1. The fourth-order valence-electron chi connectivity index (χ4n) is 1.11. The van der Waals surface area contributed by atoms with Gasteiger partial charge in [0.05, 0.1) is 19.1 Å². The number of halogens is 3. The molecule has 1 unspecified atom stereocenters. The van der Waals surface area contributed by atoms with Crippen molar-refractivity contribution in [1.82, 2.24) is 0 Å². The van der Waals surface area contributed by atoms with E-state index in [-0.39, 0.29) is 15.1 Å². The summed E-state index contributed by atoms with van der Waals surface area (Å²) in [5, 5.41) is 0. The second kappa shape index (κ2) is 5.27. The van der Waals surface area contributed by atoms with E-state index >= 15 is 0 Å². The zero-order valence-electron chi connectivity index (χ0n) is 7.80. The molecule has 0 fully saturated rings. The van der Waals surface area contributed by atoms with Crippen molar-refractivity contribution in [3.8, 4) is 0 Å². The van der Waals surface area contributed by atoms with Gasteiger partial charge in [-0.05, 0) is 34.5 Å². The van der Waals surface area contributed by atoms with E-state index in [1.165, 1.54) is 12.1 Å². The first-order valence-corrected chi connectivity index (χ1v) is 7.31. The molecule has 0 aliphatic rings. The molecule has 1 rings (SSSR count). The van der Waals surface area contributed by atoms with Crippen molar-refractivity contribution < 1.29 is 8.60 Å². The highest BCUT2D eigenvalue weighted by Gasteiger charge is 2.16. The highest BCUT2D eigenvalue weighted by Crippen LogP contribution is 2.24. The third kappa shape index (κ3) is 3.16. The molecular weight excluding hydrogens is 305 g/mol.